The van der Waals surface area contributed by atoms with Gasteiger partial charge in [-0.1, -0.05) is 0 Å². The maximum atomic E-state index is 9.79. The Morgan fingerprint density at radius 2 is 2.00 bits per heavy atom. The molecule has 0 saturated carbocycles. The Balaban J connectivity index is 1.81. The smallest absolute Gasteiger partial charge is 0.0603 e. The molecule has 0 aromatic heterocycles. The summed E-state index contributed by atoms with van der Waals surface area (Å²) in [5.41, 5.74) is -0.514. The van der Waals surface area contributed by atoms with Crippen LogP contribution in [-0.2, 0) is 0 Å². The van der Waals surface area contributed by atoms with Gasteiger partial charge in [0.1, 0.15) is 0 Å². The van der Waals surface area contributed by atoms with E-state index in [0.717, 1.165) is 24.9 Å². The monoisotopic (exact) mass is 240 g/mol. The van der Waals surface area contributed by atoms with Gasteiger partial charge in [-0.25, -0.2) is 0 Å². The lowest BCUT2D eigenvalue weighted by molar-refractivity contribution is 0.0174. The molecule has 3 nitrogen and oxygen atoms in total. The Morgan fingerprint density at radius 1 is 1.24 bits per heavy atom. The SMILES string of the molecule is CN1CCCC2CN(CCC(C)(C)O)CCC21. The zero-order valence-electron chi connectivity index (χ0n) is 11.7. The third kappa shape index (κ3) is 3.67. The van der Waals surface area contributed by atoms with Gasteiger partial charge in [0.25, 0.3) is 0 Å². The third-order valence-corrected chi connectivity index (χ3v) is 4.47. The average Bonchev–Trinajstić information content (AvgIpc) is 2.26. The largest absolute Gasteiger partial charge is 0.390 e. The fraction of sp³-hybridized carbons (Fsp3) is 1.00. The lowest BCUT2D eigenvalue weighted by Crippen LogP contribution is -2.53. The maximum Gasteiger partial charge on any atom is 0.0603 e. The molecule has 17 heavy (non-hydrogen) atoms. The van der Waals surface area contributed by atoms with E-state index in [2.05, 4.69) is 16.8 Å². The van der Waals surface area contributed by atoms with Crippen LogP contribution < -0.4 is 0 Å². The van der Waals surface area contributed by atoms with Crippen molar-refractivity contribution >= 4 is 0 Å². The first kappa shape index (κ1) is 13.3. The highest BCUT2D eigenvalue weighted by Gasteiger charge is 2.34. The maximum absolute atomic E-state index is 9.79. The number of likely N-dealkylation sites (tertiary alicyclic amines) is 2. The third-order valence-electron chi connectivity index (χ3n) is 4.47. The van der Waals surface area contributed by atoms with Gasteiger partial charge < -0.3 is 14.9 Å². The van der Waals surface area contributed by atoms with Gasteiger partial charge in [-0.05, 0) is 65.6 Å². The predicted molar refractivity (Wildman–Crippen MR) is 71.1 cm³/mol. The molecule has 0 spiro atoms. The molecule has 0 aromatic rings. The van der Waals surface area contributed by atoms with Gasteiger partial charge in [0.15, 0.2) is 0 Å². The summed E-state index contributed by atoms with van der Waals surface area (Å²) >= 11 is 0. The molecule has 0 radical (unpaired) electrons. The Bertz CT molecular complexity index is 249. The first-order valence-corrected chi connectivity index (χ1v) is 7.11. The number of hydrogen-bond acceptors (Lipinski definition) is 3. The van der Waals surface area contributed by atoms with E-state index in [1.54, 1.807) is 0 Å². The van der Waals surface area contributed by atoms with E-state index in [9.17, 15) is 5.11 Å². The Morgan fingerprint density at radius 3 is 2.71 bits per heavy atom. The highest BCUT2D eigenvalue weighted by Crippen LogP contribution is 2.29. The van der Waals surface area contributed by atoms with Crippen molar-refractivity contribution in [2.45, 2.75) is 51.2 Å². The van der Waals surface area contributed by atoms with Crippen molar-refractivity contribution in [2.75, 3.05) is 33.2 Å². The normalized spacial score (nSPS) is 32.5. The van der Waals surface area contributed by atoms with E-state index in [4.69, 9.17) is 0 Å². The molecule has 2 fully saturated rings. The van der Waals surface area contributed by atoms with Crippen LogP contribution in [0.5, 0.6) is 0 Å². The molecule has 2 aliphatic rings. The number of nitrogens with zero attached hydrogens (tertiary/aromatic N) is 2. The zero-order valence-corrected chi connectivity index (χ0v) is 11.7. The summed E-state index contributed by atoms with van der Waals surface area (Å²) in [6.07, 6.45) is 4.96. The molecule has 100 valence electrons. The first-order chi connectivity index (χ1) is 7.96. The van der Waals surface area contributed by atoms with Crippen LogP contribution in [-0.4, -0.2) is 59.8 Å². The van der Waals surface area contributed by atoms with E-state index in [1.807, 2.05) is 13.8 Å². The van der Waals surface area contributed by atoms with Crippen molar-refractivity contribution in [1.82, 2.24) is 9.80 Å². The van der Waals surface area contributed by atoms with E-state index in [0.29, 0.717) is 0 Å². The number of hydrogen-bond donors (Lipinski definition) is 1. The van der Waals surface area contributed by atoms with Crippen LogP contribution in [0.2, 0.25) is 0 Å². The number of piperidine rings is 2. The van der Waals surface area contributed by atoms with Crippen molar-refractivity contribution in [3.63, 3.8) is 0 Å². The molecular weight excluding hydrogens is 212 g/mol. The molecule has 2 saturated heterocycles. The first-order valence-electron chi connectivity index (χ1n) is 7.11. The Hall–Kier alpha value is -0.120. The van der Waals surface area contributed by atoms with Gasteiger partial charge in [0.2, 0.25) is 0 Å². The number of fused-ring (bicyclic) bond motifs is 1. The predicted octanol–water partition coefficient (Wildman–Crippen LogP) is 1.56. The highest BCUT2D eigenvalue weighted by molar-refractivity contribution is 4.89. The lowest BCUT2D eigenvalue weighted by Gasteiger charge is -2.46. The van der Waals surface area contributed by atoms with Crippen molar-refractivity contribution in [2.24, 2.45) is 5.92 Å². The minimum absolute atomic E-state index is 0.514. The molecule has 2 unspecified atom stereocenters. The molecule has 0 amide bonds. The lowest BCUT2D eigenvalue weighted by atomic mass is 9.84. The fourth-order valence-corrected chi connectivity index (χ4v) is 3.36. The van der Waals surface area contributed by atoms with Crippen molar-refractivity contribution in [1.29, 1.82) is 0 Å². The zero-order chi connectivity index (χ0) is 12.5. The second-order valence-electron chi connectivity index (χ2n) is 6.60. The minimum Gasteiger partial charge on any atom is -0.390 e. The standard InChI is InChI=1S/C14H28N2O/c1-14(2,17)7-10-16-9-6-13-12(11-16)5-4-8-15(13)3/h12-13,17H,4-11H2,1-3H3. The summed E-state index contributed by atoms with van der Waals surface area (Å²) in [5, 5.41) is 9.79. The van der Waals surface area contributed by atoms with Gasteiger partial charge in [0, 0.05) is 19.1 Å². The van der Waals surface area contributed by atoms with Gasteiger partial charge in [0.05, 0.1) is 5.60 Å². The van der Waals surface area contributed by atoms with E-state index in [1.165, 1.54) is 38.9 Å². The van der Waals surface area contributed by atoms with Crippen molar-refractivity contribution in [3.8, 4) is 0 Å². The van der Waals surface area contributed by atoms with Crippen molar-refractivity contribution < 1.29 is 5.11 Å². The summed E-state index contributed by atoms with van der Waals surface area (Å²) in [6.45, 7) is 8.61. The average molecular weight is 240 g/mol. The summed E-state index contributed by atoms with van der Waals surface area (Å²) in [6, 6.07) is 0.821. The van der Waals surface area contributed by atoms with Crippen molar-refractivity contribution in [3.05, 3.63) is 0 Å². The van der Waals surface area contributed by atoms with Crippen LogP contribution in [0.15, 0.2) is 0 Å². The second-order valence-corrected chi connectivity index (χ2v) is 6.60. The minimum atomic E-state index is -0.514. The van der Waals surface area contributed by atoms with Gasteiger partial charge in [-0.3, -0.25) is 0 Å². The fourth-order valence-electron chi connectivity index (χ4n) is 3.36. The van der Waals surface area contributed by atoms with Gasteiger partial charge in [-0.15, -0.1) is 0 Å². The van der Waals surface area contributed by atoms with Crippen LogP contribution in [0.25, 0.3) is 0 Å². The number of aliphatic hydroxyl groups is 1. The molecule has 1 N–H and O–H groups in total. The molecule has 0 bridgehead atoms. The molecule has 2 rings (SSSR count). The van der Waals surface area contributed by atoms with Gasteiger partial charge >= 0.3 is 0 Å². The van der Waals surface area contributed by atoms with E-state index < -0.39 is 5.60 Å². The molecule has 3 heteroatoms. The summed E-state index contributed by atoms with van der Waals surface area (Å²) in [4.78, 5) is 5.11. The topological polar surface area (TPSA) is 26.7 Å². The highest BCUT2D eigenvalue weighted by atomic mass is 16.3. The quantitative estimate of drug-likeness (QED) is 0.811. The summed E-state index contributed by atoms with van der Waals surface area (Å²) < 4.78 is 0. The molecule has 2 aliphatic heterocycles. The molecule has 0 aliphatic carbocycles. The Labute approximate surface area is 106 Å². The molecule has 2 atom stereocenters. The molecular formula is C14H28N2O. The Kier molecular flexibility index (Phi) is 4.11. The summed E-state index contributed by atoms with van der Waals surface area (Å²) in [5.74, 6) is 0.865. The van der Waals surface area contributed by atoms with E-state index in [-0.39, 0.29) is 0 Å². The van der Waals surface area contributed by atoms with Crippen LogP contribution in [0, 0.1) is 5.92 Å². The van der Waals surface area contributed by atoms with Crippen LogP contribution in [0.1, 0.15) is 39.5 Å². The summed E-state index contributed by atoms with van der Waals surface area (Å²) in [7, 11) is 2.28. The van der Waals surface area contributed by atoms with Gasteiger partial charge in [-0.2, -0.15) is 0 Å². The van der Waals surface area contributed by atoms with Crippen LogP contribution in [0.4, 0.5) is 0 Å². The second kappa shape index (κ2) is 5.25. The van der Waals surface area contributed by atoms with Crippen LogP contribution >= 0.6 is 0 Å². The number of rotatable bonds is 3. The van der Waals surface area contributed by atoms with Crippen LogP contribution in [0.3, 0.4) is 0 Å². The van der Waals surface area contributed by atoms with E-state index >= 15 is 0 Å². The molecule has 0 aromatic carbocycles. The molecule has 2 heterocycles.